The quantitative estimate of drug-likeness (QED) is 0.775. The summed E-state index contributed by atoms with van der Waals surface area (Å²) in [6, 6.07) is 7.03. The maximum Gasteiger partial charge on any atom is 0.312 e. The van der Waals surface area contributed by atoms with Crippen molar-refractivity contribution in [2.75, 3.05) is 12.4 Å². The van der Waals surface area contributed by atoms with Crippen LogP contribution in [0.4, 0.5) is 5.69 Å². The molecule has 0 saturated heterocycles. The molecule has 0 heterocycles. The molecule has 0 aromatic heterocycles. The van der Waals surface area contributed by atoms with Gasteiger partial charge in [-0.1, -0.05) is 6.07 Å². The summed E-state index contributed by atoms with van der Waals surface area (Å²) in [6.07, 6.45) is 3.81. The van der Waals surface area contributed by atoms with Gasteiger partial charge in [-0.3, -0.25) is 9.59 Å². The molecule has 146 valence electrons. The van der Waals surface area contributed by atoms with E-state index in [1.54, 1.807) is 38.3 Å². The Kier molecular flexibility index (Phi) is 4.41. The number of hydrogen-bond acceptors (Lipinski definition) is 5. The molecule has 0 aliphatic heterocycles. The minimum absolute atomic E-state index is 0.330. The van der Waals surface area contributed by atoms with Crippen LogP contribution in [0.25, 0.3) is 0 Å². The lowest BCUT2D eigenvalue weighted by Crippen LogP contribution is -2.59. The Morgan fingerprint density at radius 3 is 2.56 bits per heavy atom. The minimum Gasteiger partial charge on any atom is -0.497 e. The van der Waals surface area contributed by atoms with Crippen molar-refractivity contribution in [3.63, 3.8) is 0 Å². The fourth-order valence-corrected chi connectivity index (χ4v) is 5.74. The number of amides is 1. The second-order valence-electron chi connectivity index (χ2n) is 8.73. The number of anilines is 1. The molecule has 4 aliphatic rings. The summed E-state index contributed by atoms with van der Waals surface area (Å²) in [6.45, 7) is 1.59. The topological polar surface area (TPSA) is 84.9 Å². The molecule has 2 N–H and O–H groups in total. The van der Waals surface area contributed by atoms with E-state index in [-0.39, 0.29) is 11.9 Å². The molecule has 6 nitrogen and oxygen atoms in total. The van der Waals surface area contributed by atoms with Crippen LogP contribution in [0.15, 0.2) is 24.3 Å². The largest absolute Gasteiger partial charge is 0.497 e. The normalized spacial score (nSPS) is 34.8. The maximum atomic E-state index is 13.0. The van der Waals surface area contributed by atoms with Crippen molar-refractivity contribution in [3.05, 3.63) is 24.3 Å². The Morgan fingerprint density at radius 1 is 1.22 bits per heavy atom. The number of carbonyl (C=O) groups excluding carboxylic acids is 2. The van der Waals surface area contributed by atoms with Crippen molar-refractivity contribution in [1.29, 1.82) is 0 Å². The first kappa shape index (κ1) is 18.3. The number of rotatable bonds is 5. The van der Waals surface area contributed by atoms with E-state index in [0.717, 1.165) is 32.1 Å². The molecule has 6 heteroatoms. The molecular formula is C21H27NO5. The van der Waals surface area contributed by atoms with Crippen molar-refractivity contribution >= 4 is 17.6 Å². The Morgan fingerprint density at radius 2 is 1.93 bits per heavy atom. The number of hydrogen-bond donors (Lipinski definition) is 2. The smallest absolute Gasteiger partial charge is 0.312 e. The molecule has 1 aromatic rings. The predicted molar refractivity (Wildman–Crippen MR) is 99.2 cm³/mol. The van der Waals surface area contributed by atoms with Gasteiger partial charge in [0, 0.05) is 11.8 Å². The highest BCUT2D eigenvalue weighted by Gasteiger charge is 2.61. The van der Waals surface area contributed by atoms with Gasteiger partial charge in [-0.25, -0.2) is 0 Å². The molecule has 0 spiro atoms. The summed E-state index contributed by atoms with van der Waals surface area (Å²) >= 11 is 0. The SMILES string of the molecule is COc1cccc(NC(=O)[C@@H](C)OC(=O)C23C[C@@H]4C[C@@H](CC(O)(C4)C2)C3)c1. The number of esters is 1. The number of ether oxygens (including phenoxy) is 2. The zero-order chi connectivity index (χ0) is 19.2. The van der Waals surface area contributed by atoms with Crippen LogP contribution in [-0.4, -0.2) is 35.8 Å². The van der Waals surface area contributed by atoms with E-state index < -0.39 is 17.1 Å². The van der Waals surface area contributed by atoms with Gasteiger partial charge in [0.15, 0.2) is 6.10 Å². The molecule has 1 amide bonds. The minimum atomic E-state index is -0.897. The standard InChI is InChI=1S/C21H27NO5/c1-13(18(23)22-16-4-3-5-17(7-16)26-2)27-19(24)20-8-14-6-15(9-20)11-21(25,10-14)12-20/h3-5,7,13-15,25H,6,8-12H2,1-2H3,(H,22,23)/t13-,14-,15+,20?,21?/m1/s1. The van der Waals surface area contributed by atoms with Gasteiger partial charge in [0.1, 0.15) is 5.75 Å². The van der Waals surface area contributed by atoms with Crippen molar-refractivity contribution in [3.8, 4) is 5.75 Å². The fraction of sp³-hybridized carbons (Fsp3) is 0.619. The van der Waals surface area contributed by atoms with Crippen LogP contribution in [0.3, 0.4) is 0 Å². The van der Waals surface area contributed by atoms with Crippen molar-refractivity contribution in [2.45, 2.75) is 57.2 Å². The Balaban J connectivity index is 1.41. The third-order valence-electron chi connectivity index (χ3n) is 6.45. The predicted octanol–water partition coefficient (Wildman–Crippen LogP) is 2.90. The van der Waals surface area contributed by atoms with Gasteiger partial charge in [-0.15, -0.1) is 0 Å². The van der Waals surface area contributed by atoms with Gasteiger partial charge in [-0.05, 0) is 69.4 Å². The summed E-state index contributed by atoms with van der Waals surface area (Å²) in [4.78, 5) is 25.4. The maximum absolute atomic E-state index is 13.0. The van der Waals surface area contributed by atoms with Crippen molar-refractivity contribution < 1.29 is 24.2 Å². The van der Waals surface area contributed by atoms with E-state index in [0.29, 0.717) is 29.7 Å². The number of methoxy groups -OCH3 is 1. The summed E-state index contributed by atoms with van der Waals surface area (Å²) < 4.78 is 10.7. The highest BCUT2D eigenvalue weighted by molar-refractivity contribution is 5.95. The lowest BCUT2D eigenvalue weighted by Gasteiger charge is -2.58. The van der Waals surface area contributed by atoms with Crippen LogP contribution in [0.5, 0.6) is 5.75 Å². The van der Waals surface area contributed by atoms with Gasteiger partial charge in [0.25, 0.3) is 5.91 Å². The van der Waals surface area contributed by atoms with Crippen LogP contribution in [0.1, 0.15) is 45.4 Å². The lowest BCUT2D eigenvalue weighted by atomic mass is 9.48. The van der Waals surface area contributed by atoms with E-state index in [1.807, 2.05) is 0 Å². The Labute approximate surface area is 159 Å². The summed E-state index contributed by atoms with van der Waals surface area (Å²) in [5.74, 6) is 0.719. The average Bonchev–Trinajstić information content (AvgIpc) is 2.59. The number of carbonyl (C=O) groups is 2. The molecule has 0 radical (unpaired) electrons. The molecule has 5 rings (SSSR count). The molecule has 4 saturated carbocycles. The van der Waals surface area contributed by atoms with Crippen LogP contribution in [-0.2, 0) is 14.3 Å². The average molecular weight is 373 g/mol. The van der Waals surface area contributed by atoms with Crippen molar-refractivity contribution in [2.24, 2.45) is 17.3 Å². The first-order chi connectivity index (χ1) is 12.8. The number of benzene rings is 1. The zero-order valence-electron chi connectivity index (χ0n) is 15.9. The third kappa shape index (κ3) is 3.43. The van der Waals surface area contributed by atoms with E-state index in [9.17, 15) is 14.7 Å². The van der Waals surface area contributed by atoms with E-state index in [1.165, 1.54) is 0 Å². The molecule has 4 bridgehead atoms. The summed E-state index contributed by atoms with van der Waals surface area (Å²) in [5, 5.41) is 13.6. The van der Waals surface area contributed by atoms with Crippen LogP contribution in [0, 0.1) is 17.3 Å². The van der Waals surface area contributed by atoms with E-state index in [2.05, 4.69) is 5.32 Å². The van der Waals surface area contributed by atoms with Gasteiger partial charge in [0.2, 0.25) is 0 Å². The molecule has 27 heavy (non-hydrogen) atoms. The lowest BCUT2D eigenvalue weighted by molar-refractivity contribution is -0.199. The zero-order valence-corrected chi connectivity index (χ0v) is 15.9. The molecular weight excluding hydrogens is 346 g/mol. The Bertz CT molecular complexity index is 747. The monoisotopic (exact) mass is 373 g/mol. The number of nitrogens with one attached hydrogen (secondary N) is 1. The van der Waals surface area contributed by atoms with Crippen LogP contribution >= 0.6 is 0 Å². The third-order valence-corrected chi connectivity index (χ3v) is 6.45. The van der Waals surface area contributed by atoms with Gasteiger partial charge in [-0.2, -0.15) is 0 Å². The summed E-state index contributed by atoms with van der Waals surface area (Å²) in [7, 11) is 1.56. The first-order valence-corrected chi connectivity index (χ1v) is 9.69. The first-order valence-electron chi connectivity index (χ1n) is 9.69. The van der Waals surface area contributed by atoms with Gasteiger partial charge < -0.3 is 19.9 Å². The molecule has 2 unspecified atom stereocenters. The van der Waals surface area contributed by atoms with Gasteiger partial charge >= 0.3 is 5.97 Å². The van der Waals surface area contributed by atoms with E-state index in [4.69, 9.17) is 9.47 Å². The van der Waals surface area contributed by atoms with Crippen molar-refractivity contribution in [1.82, 2.24) is 0 Å². The second-order valence-corrected chi connectivity index (χ2v) is 8.73. The van der Waals surface area contributed by atoms with Crippen LogP contribution < -0.4 is 10.1 Å². The summed E-state index contributed by atoms with van der Waals surface area (Å²) in [5.41, 5.74) is -0.759. The van der Waals surface area contributed by atoms with Gasteiger partial charge in [0.05, 0.1) is 18.1 Å². The number of aliphatic hydroxyl groups is 1. The van der Waals surface area contributed by atoms with E-state index >= 15 is 0 Å². The molecule has 4 fully saturated rings. The second kappa shape index (κ2) is 6.51. The highest BCUT2D eigenvalue weighted by atomic mass is 16.5. The fourth-order valence-electron chi connectivity index (χ4n) is 5.74. The van der Waals surface area contributed by atoms with Crippen LogP contribution in [0.2, 0.25) is 0 Å². The molecule has 4 aliphatic carbocycles. The Hall–Kier alpha value is -2.08. The molecule has 1 aromatic carbocycles. The highest BCUT2D eigenvalue weighted by Crippen LogP contribution is 2.62. The molecule has 5 atom stereocenters.